The third-order valence-corrected chi connectivity index (χ3v) is 8.01. The second-order valence-electron chi connectivity index (χ2n) is 8.82. The molecule has 0 radical (unpaired) electrons. The van der Waals surface area contributed by atoms with Crippen LogP contribution in [0.25, 0.3) is 0 Å². The SMILES string of the molecule is C[N+](C)(CCO)CCCN(CCCS(=O)(=O)O)S(=O)(=O)C(F)(F)C(F)(F)C(F)(F)C(F)(F)C(F)(F)C(F)(F)F. The molecule has 0 saturated carbocycles. The predicted octanol–water partition coefficient (Wildman–Crippen LogP) is 3.05. The van der Waals surface area contributed by atoms with Crippen LogP contribution in [0, 0.1) is 0 Å². The van der Waals surface area contributed by atoms with Gasteiger partial charge in [-0.2, -0.15) is 69.8 Å². The van der Waals surface area contributed by atoms with Gasteiger partial charge in [0.25, 0.3) is 20.1 Å². The van der Waals surface area contributed by atoms with Gasteiger partial charge >= 0.3 is 35.1 Å². The average molecular weight is 651 g/mol. The maximum atomic E-state index is 14.5. The van der Waals surface area contributed by atoms with E-state index in [1.165, 1.54) is 14.1 Å². The van der Waals surface area contributed by atoms with E-state index in [1.807, 2.05) is 0 Å². The average Bonchev–Trinajstić information content (AvgIpc) is 2.69. The number of alkyl halides is 13. The standard InChI is InChI=1S/C16H23F13N2O6S2/c1-31(2,8-9-32)7-3-5-30(6-4-10-38(33,34)35)39(36,37)16(28,29)14(23,24)12(19,20)11(17,18)13(21,22)15(25,26)27/h32H,3-10H2,1-2H3/p+1. The molecule has 0 aliphatic carbocycles. The van der Waals surface area contributed by atoms with Crippen molar-refractivity contribution in [1.82, 2.24) is 4.31 Å². The van der Waals surface area contributed by atoms with Crippen molar-refractivity contribution >= 4 is 20.1 Å². The van der Waals surface area contributed by atoms with E-state index >= 15 is 0 Å². The van der Waals surface area contributed by atoms with Gasteiger partial charge in [0.1, 0.15) is 6.54 Å². The number of sulfonamides is 1. The predicted molar refractivity (Wildman–Crippen MR) is 106 cm³/mol. The Morgan fingerprint density at radius 2 is 1.08 bits per heavy atom. The zero-order valence-electron chi connectivity index (χ0n) is 19.8. The summed E-state index contributed by atoms with van der Waals surface area (Å²) in [4.78, 5) is 0. The Labute approximate surface area is 213 Å². The summed E-state index contributed by atoms with van der Waals surface area (Å²) in [7, 11) is -9.55. The summed E-state index contributed by atoms with van der Waals surface area (Å²) in [6, 6.07) is 0. The molecule has 0 aliphatic rings. The lowest BCUT2D eigenvalue weighted by Crippen LogP contribution is -2.72. The number of likely N-dealkylation sites (N-methyl/N-ethyl adjacent to an activating group) is 1. The van der Waals surface area contributed by atoms with Gasteiger partial charge in [-0.05, 0) is 6.42 Å². The zero-order valence-corrected chi connectivity index (χ0v) is 21.4. The van der Waals surface area contributed by atoms with Crippen molar-refractivity contribution in [3.63, 3.8) is 0 Å². The minimum absolute atomic E-state index is 0.0571. The molecule has 2 N–H and O–H groups in total. The fraction of sp³-hybridized carbons (Fsp3) is 1.00. The first-order valence-corrected chi connectivity index (χ1v) is 13.3. The number of nitrogens with zero attached hydrogens (tertiary/aromatic N) is 2. The van der Waals surface area contributed by atoms with E-state index in [9.17, 15) is 73.9 Å². The van der Waals surface area contributed by atoms with Gasteiger partial charge < -0.3 is 9.59 Å². The van der Waals surface area contributed by atoms with Crippen LogP contribution < -0.4 is 0 Å². The van der Waals surface area contributed by atoms with Crippen LogP contribution >= 0.6 is 0 Å². The minimum atomic E-state index is -8.34. The van der Waals surface area contributed by atoms with Crippen LogP contribution in [0.2, 0.25) is 0 Å². The van der Waals surface area contributed by atoms with E-state index < -0.39 is 97.9 Å². The Morgan fingerprint density at radius 1 is 0.667 bits per heavy atom. The van der Waals surface area contributed by atoms with E-state index in [-0.39, 0.29) is 17.6 Å². The molecule has 0 aromatic heterocycles. The Hall–Kier alpha value is -1.17. The molecule has 0 rings (SSSR count). The summed E-state index contributed by atoms with van der Waals surface area (Å²) in [5.74, 6) is -34.2. The van der Waals surface area contributed by atoms with Crippen LogP contribution in [0.5, 0.6) is 0 Å². The van der Waals surface area contributed by atoms with Gasteiger partial charge in [0.15, 0.2) is 0 Å². The van der Waals surface area contributed by atoms with Crippen molar-refractivity contribution in [2.75, 3.05) is 52.6 Å². The molecule has 236 valence electrons. The molecule has 0 unspecified atom stereocenters. The number of halogens is 13. The third-order valence-electron chi connectivity index (χ3n) is 5.25. The Kier molecular flexibility index (Phi) is 11.3. The van der Waals surface area contributed by atoms with Crippen LogP contribution in [0.1, 0.15) is 12.8 Å². The van der Waals surface area contributed by atoms with Gasteiger partial charge in [0.2, 0.25) is 0 Å². The molecule has 0 aliphatic heterocycles. The van der Waals surface area contributed by atoms with Crippen molar-refractivity contribution in [1.29, 1.82) is 0 Å². The first-order valence-electron chi connectivity index (χ1n) is 10.2. The van der Waals surface area contributed by atoms with E-state index in [0.717, 1.165) is 0 Å². The lowest BCUT2D eigenvalue weighted by atomic mass is 9.98. The number of rotatable bonds is 16. The van der Waals surface area contributed by atoms with Gasteiger partial charge in [0, 0.05) is 19.5 Å². The number of aliphatic hydroxyl groups is 1. The van der Waals surface area contributed by atoms with Crippen molar-refractivity contribution in [2.45, 2.75) is 48.0 Å². The monoisotopic (exact) mass is 651 g/mol. The molecule has 0 fully saturated rings. The number of hydrogen-bond donors (Lipinski definition) is 2. The molecule has 0 bridgehead atoms. The molecule has 8 nitrogen and oxygen atoms in total. The summed E-state index contributed by atoms with van der Waals surface area (Å²) < 4.78 is 228. The highest BCUT2D eigenvalue weighted by atomic mass is 32.2. The van der Waals surface area contributed by atoms with Gasteiger partial charge in [0.05, 0.1) is 33.0 Å². The highest BCUT2D eigenvalue weighted by molar-refractivity contribution is 7.90. The van der Waals surface area contributed by atoms with Crippen molar-refractivity contribution in [3.8, 4) is 0 Å². The quantitative estimate of drug-likeness (QED) is 0.151. The van der Waals surface area contributed by atoms with Crippen LogP contribution in [0.15, 0.2) is 0 Å². The molecule has 0 atom stereocenters. The fourth-order valence-electron chi connectivity index (χ4n) is 2.91. The Morgan fingerprint density at radius 3 is 1.46 bits per heavy atom. The van der Waals surface area contributed by atoms with Crippen LogP contribution in [-0.4, -0.2) is 123 Å². The molecule has 0 saturated heterocycles. The maximum absolute atomic E-state index is 14.5. The van der Waals surface area contributed by atoms with E-state index in [2.05, 4.69) is 0 Å². The molecular formula is C16H24F13N2O6S2+. The van der Waals surface area contributed by atoms with Crippen molar-refractivity contribution in [3.05, 3.63) is 0 Å². The molecular weight excluding hydrogens is 627 g/mol. The number of hydrogen-bond acceptors (Lipinski definition) is 5. The van der Waals surface area contributed by atoms with Crippen molar-refractivity contribution < 1.29 is 88.1 Å². The minimum Gasteiger partial charge on any atom is -0.391 e. The topological polar surface area (TPSA) is 112 Å². The fourth-order valence-corrected chi connectivity index (χ4v) is 4.92. The highest BCUT2D eigenvalue weighted by Gasteiger charge is 2.92. The normalized spacial score (nSPS) is 15.7. The Bertz CT molecular complexity index is 1050. The summed E-state index contributed by atoms with van der Waals surface area (Å²) in [6.07, 6.45) is -9.47. The zero-order chi connectivity index (χ0) is 31.7. The molecule has 0 aromatic rings. The van der Waals surface area contributed by atoms with Crippen LogP contribution in [0.3, 0.4) is 0 Å². The summed E-state index contributed by atoms with van der Waals surface area (Å²) in [5.41, 5.74) is 0. The third kappa shape index (κ3) is 7.57. The first-order chi connectivity index (χ1) is 16.9. The molecule has 0 aromatic carbocycles. The van der Waals surface area contributed by atoms with E-state index in [4.69, 9.17) is 9.66 Å². The Balaban J connectivity index is 6.62. The van der Waals surface area contributed by atoms with Gasteiger partial charge in [-0.25, -0.2) is 8.42 Å². The molecule has 39 heavy (non-hydrogen) atoms. The molecule has 23 heteroatoms. The van der Waals surface area contributed by atoms with E-state index in [0.29, 0.717) is 0 Å². The smallest absolute Gasteiger partial charge is 0.391 e. The molecule has 0 spiro atoms. The highest BCUT2D eigenvalue weighted by Crippen LogP contribution is 2.61. The van der Waals surface area contributed by atoms with Gasteiger partial charge in [-0.1, -0.05) is 0 Å². The second-order valence-corrected chi connectivity index (χ2v) is 12.4. The van der Waals surface area contributed by atoms with Crippen LogP contribution in [-0.2, 0) is 20.1 Å². The van der Waals surface area contributed by atoms with Gasteiger partial charge in [-0.15, -0.1) is 0 Å². The number of quaternary nitrogens is 1. The maximum Gasteiger partial charge on any atom is 0.460 e. The largest absolute Gasteiger partial charge is 0.460 e. The van der Waals surface area contributed by atoms with Gasteiger partial charge in [-0.3, -0.25) is 4.55 Å². The second kappa shape index (κ2) is 11.6. The summed E-state index contributed by atoms with van der Waals surface area (Å²) >= 11 is 0. The van der Waals surface area contributed by atoms with Crippen molar-refractivity contribution in [2.24, 2.45) is 0 Å². The molecule has 0 amide bonds. The van der Waals surface area contributed by atoms with E-state index in [1.54, 1.807) is 0 Å². The van der Waals surface area contributed by atoms with Crippen LogP contribution in [0.4, 0.5) is 57.1 Å². The lowest BCUT2D eigenvalue weighted by Gasteiger charge is -2.40. The first kappa shape index (κ1) is 37.8. The summed E-state index contributed by atoms with van der Waals surface area (Å²) in [6.45, 7) is -3.70. The molecule has 0 heterocycles. The summed E-state index contributed by atoms with van der Waals surface area (Å²) in [5, 5.41) is 1.47. The number of aliphatic hydroxyl groups excluding tert-OH is 1. The lowest BCUT2D eigenvalue weighted by molar-refractivity contribution is -0.890.